The van der Waals surface area contributed by atoms with Crippen molar-refractivity contribution in [2.45, 2.75) is 18.9 Å². The highest BCUT2D eigenvalue weighted by Crippen LogP contribution is 2.33. The van der Waals surface area contributed by atoms with E-state index in [1.165, 1.54) is 12.0 Å². The van der Waals surface area contributed by atoms with Crippen LogP contribution in [0.15, 0.2) is 18.2 Å². The zero-order valence-electron chi connectivity index (χ0n) is 12.0. The van der Waals surface area contributed by atoms with Crippen LogP contribution in [0.4, 0.5) is 0 Å². The predicted molar refractivity (Wildman–Crippen MR) is 74.2 cm³/mol. The molecule has 0 bridgehead atoms. The maximum absolute atomic E-state index is 12.6. The molecule has 0 spiro atoms. The zero-order valence-corrected chi connectivity index (χ0v) is 12.0. The second-order valence-corrected chi connectivity index (χ2v) is 5.33. The molecule has 1 aromatic rings. The molecule has 21 heavy (non-hydrogen) atoms. The summed E-state index contributed by atoms with van der Waals surface area (Å²) in [7, 11) is 3.16. The Labute approximate surface area is 122 Å². The van der Waals surface area contributed by atoms with Crippen LogP contribution in [0.5, 0.6) is 5.75 Å². The van der Waals surface area contributed by atoms with Crippen LogP contribution >= 0.6 is 0 Å². The number of likely N-dealkylation sites (tertiary alicyclic amines) is 1. The molecule has 1 aromatic carbocycles. The Hall–Kier alpha value is -2.37. The smallest absolute Gasteiger partial charge is 0.265 e. The van der Waals surface area contributed by atoms with Gasteiger partial charge in [-0.1, -0.05) is 6.07 Å². The van der Waals surface area contributed by atoms with Crippen LogP contribution in [0, 0.1) is 0 Å². The standard InChI is InChI=1S/C15H16N2O4/c1-16-8-9(6-7-12(16)18)17-14(19)10-4-3-5-11(21-2)13(10)15(17)20/h3-5,9H,6-8H2,1-2H3. The van der Waals surface area contributed by atoms with E-state index in [9.17, 15) is 14.4 Å². The van der Waals surface area contributed by atoms with Crippen molar-refractivity contribution in [3.05, 3.63) is 29.3 Å². The van der Waals surface area contributed by atoms with Gasteiger partial charge < -0.3 is 9.64 Å². The van der Waals surface area contributed by atoms with Gasteiger partial charge in [-0.2, -0.15) is 0 Å². The van der Waals surface area contributed by atoms with E-state index in [4.69, 9.17) is 4.74 Å². The summed E-state index contributed by atoms with van der Waals surface area (Å²) in [5.41, 5.74) is 0.698. The number of amides is 3. The van der Waals surface area contributed by atoms with Gasteiger partial charge in [-0.05, 0) is 18.6 Å². The Morgan fingerprint density at radius 1 is 1.19 bits per heavy atom. The first kappa shape index (κ1) is 13.6. The summed E-state index contributed by atoms with van der Waals surface area (Å²) in [4.78, 5) is 39.5. The molecule has 0 aliphatic carbocycles. The minimum atomic E-state index is -0.333. The average molecular weight is 288 g/mol. The number of piperidine rings is 1. The fourth-order valence-corrected chi connectivity index (χ4v) is 2.98. The van der Waals surface area contributed by atoms with Crippen molar-refractivity contribution in [2.24, 2.45) is 0 Å². The maximum Gasteiger partial charge on any atom is 0.265 e. The molecule has 1 fully saturated rings. The largest absolute Gasteiger partial charge is 0.496 e. The molecule has 6 heteroatoms. The summed E-state index contributed by atoms with van der Waals surface area (Å²) >= 11 is 0. The molecule has 2 aliphatic rings. The van der Waals surface area contributed by atoms with Crippen LogP contribution in [-0.4, -0.2) is 54.3 Å². The fourth-order valence-electron chi connectivity index (χ4n) is 2.98. The third-order valence-corrected chi connectivity index (χ3v) is 4.09. The lowest BCUT2D eigenvalue weighted by Gasteiger charge is -2.34. The monoisotopic (exact) mass is 288 g/mol. The van der Waals surface area contributed by atoms with Gasteiger partial charge in [-0.15, -0.1) is 0 Å². The average Bonchev–Trinajstić information content (AvgIpc) is 2.74. The van der Waals surface area contributed by atoms with Gasteiger partial charge in [0.15, 0.2) is 0 Å². The first-order valence-electron chi connectivity index (χ1n) is 6.83. The van der Waals surface area contributed by atoms with Crippen LogP contribution in [0.1, 0.15) is 33.6 Å². The molecule has 2 heterocycles. The van der Waals surface area contributed by atoms with Gasteiger partial charge in [0, 0.05) is 20.0 Å². The summed E-state index contributed by atoms with van der Waals surface area (Å²) in [6.45, 7) is 0.382. The zero-order chi connectivity index (χ0) is 15.1. The van der Waals surface area contributed by atoms with E-state index in [1.54, 1.807) is 30.1 Å². The molecule has 2 aliphatic heterocycles. The molecule has 1 atom stereocenters. The maximum atomic E-state index is 12.6. The van der Waals surface area contributed by atoms with Gasteiger partial charge in [0.2, 0.25) is 5.91 Å². The van der Waals surface area contributed by atoms with Gasteiger partial charge in [0.1, 0.15) is 5.75 Å². The van der Waals surface area contributed by atoms with Crippen LogP contribution < -0.4 is 4.74 Å². The van der Waals surface area contributed by atoms with Crippen molar-refractivity contribution in [3.63, 3.8) is 0 Å². The minimum absolute atomic E-state index is 0.0421. The van der Waals surface area contributed by atoms with Gasteiger partial charge in [-0.3, -0.25) is 19.3 Å². The molecule has 0 radical (unpaired) electrons. The van der Waals surface area contributed by atoms with E-state index in [0.717, 1.165) is 0 Å². The number of ether oxygens (including phenoxy) is 1. The molecule has 0 aromatic heterocycles. The Kier molecular flexibility index (Phi) is 3.16. The number of rotatable bonds is 2. The molecule has 0 saturated carbocycles. The van der Waals surface area contributed by atoms with E-state index < -0.39 is 0 Å². The summed E-state index contributed by atoms with van der Waals surface area (Å²) < 4.78 is 5.19. The van der Waals surface area contributed by atoms with Gasteiger partial charge in [0.25, 0.3) is 11.8 Å². The molecule has 3 amide bonds. The summed E-state index contributed by atoms with van der Waals surface area (Å²) in [5, 5.41) is 0. The normalized spacial score (nSPS) is 21.8. The number of carbonyl (C=O) groups is 3. The SMILES string of the molecule is COc1cccc2c1C(=O)N(C1CCC(=O)N(C)C1)C2=O. The van der Waals surface area contributed by atoms with Gasteiger partial charge in [0.05, 0.1) is 24.3 Å². The summed E-state index contributed by atoms with van der Waals surface area (Å²) in [5.74, 6) is -0.184. The first-order chi connectivity index (χ1) is 10.0. The van der Waals surface area contributed by atoms with E-state index in [1.807, 2.05) is 0 Å². The lowest BCUT2D eigenvalue weighted by atomic mass is 10.0. The number of carbonyl (C=O) groups excluding carboxylic acids is 3. The number of likely N-dealkylation sites (N-methyl/N-ethyl adjacent to an activating group) is 1. The van der Waals surface area contributed by atoms with Gasteiger partial charge >= 0.3 is 0 Å². The Morgan fingerprint density at radius 2 is 1.95 bits per heavy atom. The van der Waals surface area contributed by atoms with E-state index in [0.29, 0.717) is 36.3 Å². The van der Waals surface area contributed by atoms with Crippen LogP contribution in [0.3, 0.4) is 0 Å². The number of nitrogens with zero attached hydrogens (tertiary/aromatic N) is 2. The van der Waals surface area contributed by atoms with E-state index >= 15 is 0 Å². The molecular formula is C15H16N2O4. The molecule has 6 nitrogen and oxygen atoms in total. The van der Waals surface area contributed by atoms with Crippen LogP contribution in [0.2, 0.25) is 0 Å². The first-order valence-corrected chi connectivity index (χ1v) is 6.83. The molecule has 0 N–H and O–H groups in total. The Balaban J connectivity index is 1.95. The van der Waals surface area contributed by atoms with Crippen molar-refractivity contribution in [3.8, 4) is 5.75 Å². The highest BCUT2D eigenvalue weighted by molar-refractivity contribution is 6.22. The second kappa shape index (κ2) is 4.87. The third-order valence-electron chi connectivity index (χ3n) is 4.09. The lowest BCUT2D eigenvalue weighted by Crippen LogP contribution is -2.50. The number of hydrogen-bond acceptors (Lipinski definition) is 4. The quantitative estimate of drug-likeness (QED) is 0.759. The Morgan fingerprint density at radius 3 is 2.62 bits per heavy atom. The van der Waals surface area contributed by atoms with Crippen molar-refractivity contribution >= 4 is 17.7 Å². The molecule has 110 valence electrons. The lowest BCUT2D eigenvalue weighted by molar-refractivity contribution is -0.133. The predicted octanol–water partition coefficient (Wildman–Crippen LogP) is 0.912. The minimum Gasteiger partial charge on any atom is -0.496 e. The number of fused-ring (bicyclic) bond motifs is 1. The summed E-state index contributed by atoms with van der Waals surface area (Å²) in [6, 6.07) is 4.73. The van der Waals surface area contributed by atoms with E-state index in [-0.39, 0.29) is 23.8 Å². The van der Waals surface area contributed by atoms with Crippen LogP contribution in [-0.2, 0) is 4.79 Å². The Bertz CT molecular complexity index is 641. The van der Waals surface area contributed by atoms with Crippen molar-refractivity contribution in [1.29, 1.82) is 0 Å². The fraction of sp³-hybridized carbons (Fsp3) is 0.400. The topological polar surface area (TPSA) is 66.9 Å². The summed E-state index contributed by atoms with van der Waals surface area (Å²) in [6.07, 6.45) is 0.864. The highest BCUT2D eigenvalue weighted by atomic mass is 16.5. The molecule has 3 rings (SSSR count). The number of methoxy groups -OCH3 is 1. The van der Waals surface area contributed by atoms with Crippen molar-refractivity contribution in [2.75, 3.05) is 20.7 Å². The third kappa shape index (κ3) is 1.98. The van der Waals surface area contributed by atoms with Gasteiger partial charge in [-0.25, -0.2) is 0 Å². The molecule has 1 unspecified atom stereocenters. The van der Waals surface area contributed by atoms with Crippen molar-refractivity contribution < 1.29 is 19.1 Å². The van der Waals surface area contributed by atoms with Crippen LogP contribution in [0.25, 0.3) is 0 Å². The number of imide groups is 1. The molecule has 1 saturated heterocycles. The van der Waals surface area contributed by atoms with E-state index in [2.05, 4.69) is 0 Å². The molecular weight excluding hydrogens is 272 g/mol. The number of benzene rings is 1. The van der Waals surface area contributed by atoms with Crippen molar-refractivity contribution in [1.82, 2.24) is 9.80 Å². The second-order valence-electron chi connectivity index (χ2n) is 5.33. The highest BCUT2D eigenvalue weighted by Gasteiger charge is 2.43. The number of hydrogen-bond donors (Lipinski definition) is 0.